The number of pyridine rings is 1. The minimum Gasteiger partial charge on any atom is -0.481 e. The van der Waals surface area contributed by atoms with E-state index >= 15 is 0 Å². The van der Waals surface area contributed by atoms with Crippen LogP contribution in [0.15, 0.2) is 72.0 Å². The van der Waals surface area contributed by atoms with Crippen LogP contribution in [0.2, 0.25) is 0 Å². The van der Waals surface area contributed by atoms with Crippen molar-refractivity contribution in [2.75, 3.05) is 18.0 Å². The second-order valence-electron chi connectivity index (χ2n) is 9.05. The van der Waals surface area contributed by atoms with Crippen molar-refractivity contribution in [1.82, 2.24) is 4.98 Å². The Labute approximate surface area is 205 Å². The molecule has 0 unspecified atom stereocenters. The Morgan fingerprint density at radius 2 is 1.83 bits per heavy atom. The third kappa shape index (κ3) is 5.69. The molecule has 3 aromatic rings. The molecule has 2 heterocycles. The summed E-state index contributed by atoms with van der Waals surface area (Å²) in [6.07, 6.45) is 3.39. The first-order chi connectivity index (χ1) is 17.0. The van der Waals surface area contributed by atoms with Crippen molar-refractivity contribution in [1.29, 1.82) is 0 Å². The highest BCUT2D eigenvalue weighted by Gasteiger charge is 2.25. The summed E-state index contributed by atoms with van der Waals surface area (Å²) in [4.78, 5) is 17.6. The van der Waals surface area contributed by atoms with E-state index in [9.17, 15) is 20.2 Å². The van der Waals surface area contributed by atoms with Gasteiger partial charge in [0.15, 0.2) is 0 Å². The third-order valence-corrected chi connectivity index (χ3v) is 6.90. The standard InChI is InChI=1S/C28H31N3O4/c1-19-4-2-3-5-25(19)26(17-27(30-35)22-10-13-29-23(16-22)18-32)20-6-8-24(9-7-20)31-14-11-21(12-15-31)28(33)34/h2-10,13,16,21,26,32,35H,11-12,14-15,17-18H2,1H3,(H,33,34)/t26-/m1/s1. The average molecular weight is 474 g/mol. The van der Waals surface area contributed by atoms with Crippen molar-refractivity contribution in [3.8, 4) is 0 Å². The molecule has 7 heteroatoms. The molecule has 2 aromatic carbocycles. The predicted octanol–water partition coefficient (Wildman–Crippen LogP) is 4.58. The number of aliphatic hydroxyl groups is 1. The van der Waals surface area contributed by atoms with E-state index in [1.165, 1.54) is 0 Å². The predicted molar refractivity (Wildman–Crippen MR) is 135 cm³/mol. The number of oxime groups is 1. The van der Waals surface area contributed by atoms with Crippen LogP contribution in [-0.2, 0) is 11.4 Å². The molecule has 1 aliphatic rings. The Morgan fingerprint density at radius 3 is 2.46 bits per heavy atom. The Bertz CT molecular complexity index is 1180. The van der Waals surface area contributed by atoms with E-state index < -0.39 is 5.97 Å². The van der Waals surface area contributed by atoms with Gasteiger partial charge in [-0.15, -0.1) is 0 Å². The van der Waals surface area contributed by atoms with Crippen LogP contribution in [0.5, 0.6) is 0 Å². The first-order valence-corrected chi connectivity index (χ1v) is 11.9. The zero-order valence-electron chi connectivity index (χ0n) is 19.8. The summed E-state index contributed by atoms with van der Waals surface area (Å²) in [5.41, 5.74) is 6.26. The number of carboxylic acids is 1. The van der Waals surface area contributed by atoms with Gasteiger partial charge in [0.25, 0.3) is 0 Å². The monoisotopic (exact) mass is 473 g/mol. The molecule has 7 nitrogen and oxygen atoms in total. The van der Waals surface area contributed by atoms with E-state index in [4.69, 9.17) is 0 Å². The summed E-state index contributed by atoms with van der Waals surface area (Å²) < 4.78 is 0. The molecule has 0 spiro atoms. The molecule has 0 bridgehead atoms. The number of rotatable bonds is 8. The molecule has 0 radical (unpaired) electrons. The van der Waals surface area contributed by atoms with E-state index in [2.05, 4.69) is 58.4 Å². The van der Waals surface area contributed by atoms with Crippen LogP contribution in [0.1, 0.15) is 53.1 Å². The Balaban J connectivity index is 1.61. The topological polar surface area (TPSA) is 106 Å². The Kier molecular flexibility index (Phi) is 7.77. The first-order valence-electron chi connectivity index (χ1n) is 11.9. The lowest BCUT2D eigenvalue weighted by Crippen LogP contribution is -2.36. The Morgan fingerprint density at radius 1 is 1.11 bits per heavy atom. The number of aliphatic hydroxyl groups excluding tert-OH is 1. The van der Waals surface area contributed by atoms with E-state index in [1.807, 2.05) is 12.1 Å². The van der Waals surface area contributed by atoms with Gasteiger partial charge in [-0.3, -0.25) is 9.78 Å². The van der Waals surface area contributed by atoms with Gasteiger partial charge < -0.3 is 20.3 Å². The van der Waals surface area contributed by atoms with E-state index in [0.29, 0.717) is 30.7 Å². The number of nitrogens with zero attached hydrogens (tertiary/aromatic N) is 3. The molecule has 1 aromatic heterocycles. The number of piperidine rings is 1. The maximum Gasteiger partial charge on any atom is 0.306 e. The zero-order chi connectivity index (χ0) is 24.8. The van der Waals surface area contributed by atoms with Gasteiger partial charge in [-0.25, -0.2) is 0 Å². The minimum absolute atomic E-state index is 0.0420. The van der Waals surface area contributed by atoms with Gasteiger partial charge in [0, 0.05) is 42.9 Å². The van der Waals surface area contributed by atoms with Gasteiger partial charge in [-0.2, -0.15) is 0 Å². The number of aliphatic carboxylic acids is 1. The van der Waals surface area contributed by atoms with Crippen LogP contribution in [0.3, 0.4) is 0 Å². The number of aromatic nitrogens is 1. The number of hydrogen-bond acceptors (Lipinski definition) is 6. The van der Waals surface area contributed by atoms with Crippen molar-refractivity contribution in [3.05, 3.63) is 94.8 Å². The smallest absolute Gasteiger partial charge is 0.306 e. The van der Waals surface area contributed by atoms with E-state index in [-0.39, 0.29) is 18.4 Å². The lowest BCUT2D eigenvalue weighted by atomic mass is 9.83. The van der Waals surface area contributed by atoms with E-state index in [0.717, 1.165) is 41.0 Å². The van der Waals surface area contributed by atoms with Crippen molar-refractivity contribution in [2.24, 2.45) is 11.1 Å². The molecule has 0 saturated carbocycles. The lowest BCUT2D eigenvalue weighted by Gasteiger charge is -2.32. The van der Waals surface area contributed by atoms with Crippen molar-refractivity contribution < 1.29 is 20.2 Å². The maximum atomic E-state index is 11.3. The third-order valence-electron chi connectivity index (χ3n) is 6.90. The largest absolute Gasteiger partial charge is 0.481 e. The number of benzene rings is 2. The molecule has 1 atom stereocenters. The summed E-state index contributed by atoms with van der Waals surface area (Å²) in [7, 11) is 0. The van der Waals surface area contributed by atoms with Crippen LogP contribution >= 0.6 is 0 Å². The molecule has 1 saturated heterocycles. The minimum atomic E-state index is -0.706. The summed E-state index contributed by atoms with van der Waals surface area (Å²) in [6.45, 7) is 3.36. The number of anilines is 1. The van der Waals surface area contributed by atoms with Crippen LogP contribution < -0.4 is 4.90 Å². The van der Waals surface area contributed by atoms with Gasteiger partial charge in [0.05, 0.1) is 23.9 Å². The SMILES string of the molecule is Cc1ccccc1[C@H](CC(=NO)c1ccnc(CO)c1)c1ccc(N2CCC(C(=O)O)CC2)cc1. The summed E-state index contributed by atoms with van der Waals surface area (Å²) in [5, 5.41) is 32.2. The normalized spacial score (nSPS) is 15.7. The van der Waals surface area contributed by atoms with Crippen molar-refractivity contribution >= 4 is 17.4 Å². The van der Waals surface area contributed by atoms with Gasteiger partial charge in [0.2, 0.25) is 0 Å². The molecule has 3 N–H and O–H groups in total. The van der Waals surface area contributed by atoms with Crippen LogP contribution in [0.25, 0.3) is 0 Å². The maximum absolute atomic E-state index is 11.3. The van der Waals surface area contributed by atoms with Crippen molar-refractivity contribution in [2.45, 2.75) is 38.7 Å². The molecule has 182 valence electrons. The van der Waals surface area contributed by atoms with Crippen LogP contribution in [0.4, 0.5) is 5.69 Å². The molecule has 0 aliphatic carbocycles. The summed E-state index contributed by atoms with van der Waals surface area (Å²) in [5.74, 6) is -1.01. The summed E-state index contributed by atoms with van der Waals surface area (Å²) >= 11 is 0. The highest BCUT2D eigenvalue weighted by atomic mass is 16.4. The number of hydrogen-bond donors (Lipinski definition) is 3. The highest BCUT2D eigenvalue weighted by molar-refractivity contribution is 6.01. The second kappa shape index (κ2) is 11.1. The van der Waals surface area contributed by atoms with Crippen LogP contribution in [0, 0.1) is 12.8 Å². The van der Waals surface area contributed by atoms with Gasteiger partial charge >= 0.3 is 5.97 Å². The fraction of sp³-hybridized carbons (Fsp3) is 0.321. The molecule has 1 aliphatic heterocycles. The quantitative estimate of drug-likeness (QED) is 0.251. The molecular formula is C28H31N3O4. The molecule has 4 rings (SSSR count). The molecular weight excluding hydrogens is 442 g/mol. The van der Waals surface area contributed by atoms with Gasteiger partial charge in [-0.05, 0) is 60.7 Å². The second-order valence-corrected chi connectivity index (χ2v) is 9.05. The van der Waals surface area contributed by atoms with Gasteiger partial charge in [0.1, 0.15) is 0 Å². The summed E-state index contributed by atoms with van der Waals surface area (Å²) in [6, 6.07) is 20.1. The molecule has 0 amide bonds. The average Bonchev–Trinajstić information content (AvgIpc) is 2.90. The first kappa shape index (κ1) is 24.4. The number of carboxylic acid groups (broad SMARTS) is 1. The lowest BCUT2D eigenvalue weighted by molar-refractivity contribution is -0.142. The highest BCUT2D eigenvalue weighted by Crippen LogP contribution is 2.33. The van der Waals surface area contributed by atoms with Crippen LogP contribution in [-0.4, -0.2) is 45.2 Å². The molecule has 1 fully saturated rings. The number of carbonyl (C=O) groups is 1. The number of aryl methyl sites for hydroxylation is 1. The van der Waals surface area contributed by atoms with E-state index in [1.54, 1.807) is 18.3 Å². The Hall–Kier alpha value is -3.71. The zero-order valence-corrected chi connectivity index (χ0v) is 19.8. The van der Waals surface area contributed by atoms with Crippen molar-refractivity contribution in [3.63, 3.8) is 0 Å². The fourth-order valence-electron chi connectivity index (χ4n) is 4.84. The van der Waals surface area contributed by atoms with Gasteiger partial charge in [-0.1, -0.05) is 41.6 Å². The fourth-order valence-corrected chi connectivity index (χ4v) is 4.84. The molecule has 35 heavy (non-hydrogen) atoms.